The van der Waals surface area contributed by atoms with Crippen molar-refractivity contribution in [3.8, 4) is 0 Å². The minimum Gasteiger partial charge on any atom is -0.725 e. The van der Waals surface area contributed by atoms with Crippen LogP contribution in [-0.2, 0) is 24.2 Å². The zero-order valence-electron chi connectivity index (χ0n) is 12.2. The van der Waals surface area contributed by atoms with Crippen LogP contribution in [0.3, 0.4) is 0 Å². The molecule has 9 nitrogen and oxygen atoms in total. The number of fused-ring (bicyclic) bond motifs is 1. The van der Waals surface area contributed by atoms with Gasteiger partial charge in [-0.1, -0.05) is 6.42 Å². The van der Waals surface area contributed by atoms with E-state index in [1.165, 1.54) is 11.1 Å². The monoisotopic (exact) mass is 333 g/mol. The SMILES string of the molecule is C[N+]1(COS(=O)(=O)[O-])C=C(C(N)=O)C(=O)N2CCCCCC21. The molecule has 0 saturated carbocycles. The largest absolute Gasteiger partial charge is 0.725 e. The molecule has 0 aliphatic carbocycles. The minimum absolute atomic E-state index is 0.189. The fourth-order valence-corrected chi connectivity index (χ4v) is 3.36. The van der Waals surface area contributed by atoms with Gasteiger partial charge in [0.1, 0.15) is 6.20 Å². The third-order valence-corrected chi connectivity index (χ3v) is 4.45. The van der Waals surface area contributed by atoms with Crippen LogP contribution < -0.4 is 5.73 Å². The van der Waals surface area contributed by atoms with Crippen LogP contribution in [0.2, 0.25) is 0 Å². The summed E-state index contributed by atoms with van der Waals surface area (Å²) in [6.07, 6.45) is 4.09. The average Bonchev–Trinajstić information content (AvgIpc) is 2.66. The number of hydrogen-bond donors (Lipinski definition) is 1. The molecule has 0 spiro atoms. The van der Waals surface area contributed by atoms with E-state index >= 15 is 0 Å². The van der Waals surface area contributed by atoms with E-state index in [1.54, 1.807) is 7.05 Å². The minimum atomic E-state index is -4.87. The van der Waals surface area contributed by atoms with Gasteiger partial charge in [-0.2, -0.15) is 0 Å². The molecule has 2 aliphatic rings. The van der Waals surface area contributed by atoms with Gasteiger partial charge in [-0.15, -0.1) is 0 Å². The van der Waals surface area contributed by atoms with Gasteiger partial charge < -0.3 is 10.3 Å². The van der Waals surface area contributed by atoms with Crippen molar-refractivity contribution < 1.29 is 31.2 Å². The molecule has 0 aromatic rings. The van der Waals surface area contributed by atoms with E-state index in [-0.39, 0.29) is 16.2 Å². The summed E-state index contributed by atoms with van der Waals surface area (Å²) in [4.78, 5) is 25.4. The highest BCUT2D eigenvalue weighted by Crippen LogP contribution is 2.31. The lowest BCUT2D eigenvalue weighted by atomic mass is 10.1. The molecule has 2 amide bonds. The first kappa shape index (κ1) is 16.9. The molecular formula is C12H19N3O6S. The number of rotatable bonds is 4. The maximum absolute atomic E-state index is 12.4. The molecule has 2 atom stereocenters. The van der Waals surface area contributed by atoms with Gasteiger partial charge in [-0.25, -0.2) is 12.6 Å². The van der Waals surface area contributed by atoms with E-state index in [4.69, 9.17) is 5.73 Å². The Balaban J connectivity index is 2.41. The Hall–Kier alpha value is -1.49. The molecule has 124 valence electrons. The molecule has 2 rings (SSSR count). The number of primary amides is 1. The number of carbonyl (C=O) groups excluding carboxylic acids is 2. The Bertz CT molecular complexity index is 616. The highest BCUT2D eigenvalue weighted by Gasteiger charge is 2.46. The maximum atomic E-state index is 12.4. The fraction of sp³-hybridized carbons (Fsp3) is 0.667. The molecule has 0 bridgehead atoms. The topological polar surface area (TPSA) is 130 Å². The summed E-state index contributed by atoms with van der Waals surface area (Å²) in [5, 5.41) is 0. The van der Waals surface area contributed by atoms with Gasteiger partial charge in [-0.05, 0) is 12.8 Å². The Kier molecular flexibility index (Phi) is 4.57. The Labute approximate surface area is 128 Å². The molecule has 22 heavy (non-hydrogen) atoms. The summed E-state index contributed by atoms with van der Waals surface area (Å²) in [6, 6.07) is 0. The smallest absolute Gasteiger partial charge is 0.269 e. The van der Waals surface area contributed by atoms with Gasteiger partial charge in [0.05, 0.1) is 7.05 Å². The molecule has 1 fully saturated rings. The second-order valence-electron chi connectivity index (χ2n) is 5.74. The van der Waals surface area contributed by atoms with Crippen LogP contribution in [0.15, 0.2) is 11.8 Å². The first-order chi connectivity index (χ1) is 10.1. The number of nitrogens with zero attached hydrogens (tertiary/aromatic N) is 2. The van der Waals surface area contributed by atoms with Gasteiger partial charge in [0.15, 0.2) is 11.7 Å². The third-order valence-electron chi connectivity index (χ3n) is 4.06. The van der Waals surface area contributed by atoms with Gasteiger partial charge in [0.25, 0.3) is 11.8 Å². The van der Waals surface area contributed by atoms with Crippen molar-refractivity contribution in [2.75, 3.05) is 20.3 Å². The zero-order valence-corrected chi connectivity index (χ0v) is 13.0. The summed E-state index contributed by atoms with van der Waals surface area (Å²) in [5.74, 6) is -1.35. The Morgan fingerprint density at radius 2 is 2.18 bits per heavy atom. The Morgan fingerprint density at radius 3 is 2.77 bits per heavy atom. The van der Waals surface area contributed by atoms with Crippen molar-refractivity contribution in [3.63, 3.8) is 0 Å². The Morgan fingerprint density at radius 1 is 1.50 bits per heavy atom. The summed E-state index contributed by atoms with van der Waals surface area (Å²) < 4.78 is 36.4. The third kappa shape index (κ3) is 3.46. The lowest BCUT2D eigenvalue weighted by Gasteiger charge is -2.45. The summed E-state index contributed by atoms with van der Waals surface area (Å²) in [5.41, 5.74) is 5.02. The summed E-state index contributed by atoms with van der Waals surface area (Å²) in [6.45, 7) is -0.0385. The van der Waals surface area contributed by atoms with Crippen LogP contribution in [0.1, 0.15) is 25.7 Å². The number of hydrogen-bond acceptors (Lipinski definition) is 6. The lowest BCUT2D eigenvalue weighted by molar-refractivity contribution is -0.913. The van der Waals surface area contributed by atoms with Gasteiger partial charge >= 0.3 is 0 Å². The summed E-state index contributed by atoms with van der Waals surface area (Å²) in [7, 11) is -3.27. The molecule has 0 aromatic carbocycles. The fourth-order valence-electron chi connectivity index (χ4n) is 3.00. The van der Waals surface area contributed by atoms with Crippen LogP contribution in [-0.4, -0.2) is 60.7 Å². The normalized spacial score (nSPS) is 29.5. The van der Waals surface area contributed by atoms with Crippen molar-refractivity contribution in [1.29, 1.82) is 0 Å². The van der Waals surface area contributed by atoms with Crippen molar-refractivity contribution >= 4 is 22.2 Å². The van der Waals surface area contributed by atoms with E-state index in [2.05, 4.69) is 4.18 Å². The molecule has 1 saturated heterocycles. The van der Waals surface area contributed by atoms with E-state index in [9.17, 15) is 22.6 Å². The van der Waals surface area contributed by atoms with E-state index in [1.807, 2.05) is 0 Å². The van der Waals surface area contributed by atoms with Crippen molar-refractivity contribution in [2.24, 2.45) is 5.73 Å². The average molecular weight is 333 g/mol. The summed E-state index contributed by atoms with van der Waals surface area (Å²) >= 11 is 0. The predicted octanol–water partition coefficient (Wildman–Crippen LogP) is -1.02. The molecule has 2 aliphatic heterocycles. The molecular weight excluding hydrogens is 314 g/mol. The van der Waals surface area contributed by atoms with Crippen LogP contribution in [0, 0.1) is 0 Å². The van der Waals surface area contributed by atoms with Crippen molar-refractivity contribution in [1.82, 2.24) is 4.90 Å². The molecule has 2 N–H and O–H groups in total. The highest BCUT2D eigenvalue weighted by molar-refractivity contribution is 7.80. The van der Waals surface area contributed by atoms with Gasteiger partial charge in [0.2, 0.25) is 17.1 Å². The second-order valence-corrected chi connectivity index (χ2v) is 6.79. The highest BCUT2D eigenvalue weighted by atomic mass is 32.3. The molecule has 2 heterocycles. The van der Waals surface area contributed by atoms with Gasteiger partial charge in [-0.3, -0.25) is 19.0 Å². The van der Waals surface area contributed by atoms with Gasteiger partial charge in [0, 0.05) is 13.0 Å². The number of quaternary nitrogens is 1. The van der Waals surface area contributed by atoms with Crippen LogP contribution in [0.25, 0.3) is 0 Å². The van der Waals surface area contributed by atoms with Crippen LogP contribution in [0.4, 0.5) is 0 Å². The van der Waals surface area contributed by atoms with Crippen molar-refractivity contribution in [2.45, 2.75) is 31.8 Å². The first-order valence-electron chi connectivity index (χ1n) is 6.93. The van der Waals surface area contributed by atoms with E-state index in [0.717, 1.165) is 19.3 Å². The lowest BCUT2D eigenvalue weighted by Crippen LogP contribution is -2.63. The molecule has 10 heteroatoms. The first-order valence-corrected chi connectivity index (χ1v) is 8.26. The van der Waals surface area contributed by atoms with Crippen LogP contribution in [0.5, 0.6) is 0 Å². The molecule has 2 unspecified atom stereocenters. The second kappa shape index (κ2) is 5.95. The number of nitrogens with two attached hydrogens (primary N) is 1. The van der Waals surface area contributed by atoms with Crippen molar-refractivity contribution in [3.05, 3.63) is 11.8 Å². The van der Waals surface area contributed by atoms with E-state index in [0.29, 0.717) is 13.0 Å². The molecule has 0 aromatic heterocycles. The van der Waals surface area contributed by atoms with E-state index < -0.39 is 28.9 Å². The van der Waals surface area contributed by atoms with Crippen LogP contribution >= 0.6 is 0 Å². The number of amides is 2. The zero-order chi connectivity index (χ0) is 16.5. The standard InChI is InChI=1S/C12H19N3O6S/c1-15(8-21-22(18,19)20)7-9(11(13)16)12(17)14-6-4-2-3-5-10(14)15/h7,10H,2-6,8H2,1H3,(H2-,13,16,18,19,20). The molecule has 0 radical (unpaired) electrons. The maximum Gasteiger partial charge on any atom is 0.269 e. The quantitative estimate of drug-likeness (QED) is 0.303. The number of carbonyl (C=O) groups is 2. The predicted molar refractivity (Wildman–Crippen MR) is 73.1 cm³/mol.